The van der Waals surface area contributed by atoms with E-state index < -0.39 is 0 Å². The lowest BCUT2D eigenvalue weighted by Crippen LogP contribution is -1.93. The van der Waals surface area contributed by atoms with Crippen LogP contribution in [0.3, 0.4) is 0 Å². The van der Waals surface area contributed by atoms with Crippen molar-refractivity contribution in [3.05, 3.63) is 175 Å². The van der Waals surface area contributed by atoms with Crippen molar-refractivity contribution in [2.45, 2.75) is 0 Å². The van der Waals surface area contributed by atoms with Crippen LogP contribution in [0.2, 0.25) is 0 Å². The molecule has 2 heteroatoms. The number of nitriles is 1. The van der Waals surface area contributed by atoms with Crippen LogP contribution >= 0.6 is 0 Å². The normalized spacial score (nSPS) is 11.9. The third-order valence-corrected chi connectivity index (χ3v) is 10.9. The summed E-state index contributed by atoms with van der Waals surface area (Å²) in [6.07, 6.45) is 0. The summed E-state index contributed by atoms with van der Waals surface area (Å²) in [4.78, 5) is 0. The van der Waals surface area contributed by atoms with Crippen molar-refractivity contribution in [3.8, 4) is 45.1 Å². The maximum atomic E-state index is 9.90. The van der Waals surface area contributed by atoms with Gasteiger partial charge in [0, 0.05) is 21.8 Å². The Labute approximate surface area is 294 Å². The van der Waals surface area contributed by atoms with Crippen molar-refractivity contribution in [3.63, 3.8) is 0 Å². The van der Waals surface area contributed by atoms with Gasteiger partial charge in [0.2, 0.25) is 0 Å². The molecule has 0 fully saturated rings. The van der Waals surface area contributed by atoms with E-state index in [1.54, 1.807) is 0 Å². The van der Waals surface area contributed by atoms with Gasteiger partial charge in [-0.25, -0.2) is 0 Å². The van der Waals surface area contributed by atoms with Crippen molar-refractivity contribution in [2.24, 2.45) is 0 Å². The van der Waals surface area contributed by atoms with Crippen LogP contribution in [0.1, 0.15) is 5.56 Å². The van der Waals surface area contributed by atoms with Crippen LogP contribution in [0.15, 0.2) is 170 Å². The van der Waals surface area contributed by atoms with E-state index in [9.17, 15) is 5.26 Å². The summed E-state index contributed by atoms with van der Waals surface area (Å²) in [6.45, 7) is 0. The van der Waals surface area contributed by atoms with Crippen molar-refractivity contribution in [1.82, 2.24) is 4.57 Å². The number of hydrogen-bond acceptors (Lipinski definition) is 1. The second-order valence-electron chi connectivity index (χ2n) is 13.7. The smallest absolute Gasteiger partial charge is 0.0998 e. The Kier molecular flexibility index (Phi) is 5.77. The molecule has 2 nitrogen and oxygen atoms in total. The summed E-state index contributed by atoms with van der Waals surface area (Å²) in [5, 5.41) is 22.2. The minimum atomic E-state index is 0.709. The van der Waals surface area contributed by atoms with Gasteiger partial charge in [0.15, 0.2) is 0 Å². The standard InChI is InChI=1S/C49H28N2/c50-29-38-20-22-44-49-43(38)21-19-37-27-41(28-45(48(37)49)51(44)42-9-5-2-6-10-42)32-13-11-31(12-14-32)40-25-35-17-15-33-23-39(30-7-3-1-4-8-30)24-34-16-18-36(26-40)47(35)46(33)34/h1-28H. The lowest BCUT2D eigenvalue weighted by Gasteiger charge is -2.15. The topological polar surface area (TPSA) is 28.7 Å². The summed E-state index contributed by atoms with van der Waals surface area (Å²) < 4.78 is 2.34. The lowest BCUT2D eigenvalue weighted by molar-refractivity contribution is 1.18. The fraction of sp³-hybridized carbons (Fsp3) is 0. The minimum Gasteiger partial charge on any atom is -0.309 e. The van der Waals surface area contributed by atoms with Crippen LogP contribution in [0.4, 0.5) is 0 Å². The zero-order valence-corrected chi connectivity index (χ0v) is 27.6. The van der Waals surface area contributed by atoms with Crippen molar-refractivity contribution in [1.29, 1.82) is 5.26 Å². The maximum absolute atomic E-state index is 9.90. The first-order valence-electron chi connectivity index (χ1n) is 17.4. The van der Waals surface area contributed by atoms with Crippen molar-refractivity contribution < 1.29 is 0 Å². The van der Waals surface area contributed by atoms with E-state index in [1.165, 1.54) is 76.5 Å². The van der Waals surface area contributed by atoms with Gasteiger partial charge in [-0.1, -0.05) is 109 Å². The second-order valence-corrected chi connectivity index (χ2v) is 13.7. The molecule has 234 valence electrons. The summed E-state index contributed by atoms with van der Waals surface area (Å²) in [5.41, 5.74) is 11.3. The van der Waals surface area contributed by atoms with E-state index >= 15 is 0 Å². The number of aromatic nitrogens is 1. The van der Waals surface area contributed by atoms with Crippen LogP contribution in [0.5, 0.6) is 0 Å². The SMILES string of the molecule is N#Cc1ccc2c3c1ccc1cc(-c4ccc(-c5cc6ccc7cc(-c8ccccc8)cc8ccc(c5)c6c78)cc4)cc(c13)n2-c1ccccc1. The highest BCUT2D eigenvalue weighted by Crippen LogP contribution is 2.43. The highest BCUT2D eigenvalue weighted by molar-refractivity contribution is 6.26. The Balaban J connectivity index is 1.03. The Morgan fingerprint density at radius 3 is 1.37 bits per heavy atom. The molecule has 0 atom stereocenters. The molecular formula is C49H28N2. The zero-order chi connectivity index (χ0) is 33.6. The molecule has 11 aromatic rings. The molecule has 0 aliphatic heterocycles. The number of hydrogen-bond donors (Lipinski definition) is 0. The molecule has 11 rings (SSSR count). The number of para-hydroxylation sites is 1. The maximum Gasteiger partial charge on any atom is 0.0998 e. The zero-order valence-electron chi connectivity index (χ0n) is 27.6. The van der Waals surface area contributed by atoms with Crippen LogP contribution in [-0.2, 0) is 0 Å². The van der Waals surface area contributed by atoms with Crippen LogP contribution < -0.4 is 0 Å². The molecule has 0 aliphatic rings. The van der Waals surface area contributed by atoms with Gasteiger partial charge in [-0.05, 0) is 132 Å². The third-order valence-electron chi connectivity index (χ3n) is 10.9. The number of nitrogens with zero attached hydrogens (tertiary/aromatic N) is 2. The molecule has 1 heterocycles. The van der Waals surface area contributed by atoms with Crippen LogP contribution in [0.25, 0.3) is 104 Å². The summed E-state index contributed by atoms with van der Waals surface area (Å²) in [6, 6.07) is 64.0. The lowest BCUT2D eigenvalue weighted by atomic mass is 9.89. The quantitative estimate of drug-likeness (QED) is 0.175. The highest BCUT2D eigenvalue weighted by Gasteiger charge is 2.20. The molecule has 1 aromatic heterocycles. The number of rotatable bonds is 4. The molecule has 0 N–H and O–H groups in total. The van der Waals surface area contributed by atoms with Gasteiger partial charge in [0.25, 0.3) is 0 Å². The van der Waals surface area contributed by atoms with Gasteiger partial charge in [0.1, 0.15) is 0 Å². The largest absolute Gasteiger partial charge is 0.309 e. The molecule has 0 spiro atoms. The van der Waals surface area contributed by atoms with Gasteiger partial charge in [-0.15, -0.1) is 0 Å². The van der Waals surface area contributed by atoms with Gasteiger partial charge >= 0.3 is 0 Å². The predicted molar refractivity (Wildman–Crippen MR) is 214 cm³/mol. The van der Waals surface area contributed by atoms with Gasteiger partial charge in [-0.2, -0.15) is 5.26 Å². The minimum absolute atomic E-state index is 0.709. The van der Waals surface area contributed by atoms with E-state index in [2.05, 4.69) is 174 Å². The van der Waals surface area contributed by atoms with Crippen LogP contribution in [-0.4, -0.2) is 4.57 Å². The Bertz CT molecular complexity index is 3100. The van der Waals surface area contributed by atoms with E-state index in [1.807, 2.05) is 6.07 Å². The average Bonchev–Trinajstić information content (AvgIpc) is 3.54. The Morgan fingerprint density at radius 1 is 0.353 bits per heavy atom. The van der Waals surface area contributed by atoms with E-state index in [4.69, 9.17) is 0 Å². The first kappa shape index (κ1) is 27.9. The van der Waals surface area contributed by atoms with Gasteiger partial charge < -0.3 is 4.57 Å². The Morgan fingerprint density at radius 2 is 0.824 bits per heavy atom. The fourth-order valence-electron chi connectivity index (χ4n) is 8.54. The van der Waals surface area contributed by atoms with Crippen molar-refractivity contribution >= 4 is 64.9 Å². The van der Waals surface area contributed by atoms with E-state index in [-0.39, 0.29) is 0 Å². The first-order chi connectivity index (χ1) is 25.2. The predicted octanol–water partition coefficient (Wildman–Crippen LogP) is 13.1. The van der Waals surface area contributed by atoms with Crippen molar-refractivity contribution in [2.75, 3.05) is 0 Å². The molecule has 0 saturated heterocycles. The Hall–Kier alpha value is -6.95. The summed E-state index contributed by atoms with van der Waals surface area (Å²) in [7, 11) is 0. The summed E-state index contributed by atoms with van der Waals surface area (Å²) >= 11 is 0. The van der Waals surface area contributed by atoms with Gasteiger partial charge in [0.05, 0.1) is 22.7 Å². The monoisotopic (exact) mass is 644 g/mol. The molecule has 0 unspecified atom stereocenters. The first-order valence-corrected chi connectivity index (χ1v) is 17.4. The third kappa shape index (κ3) is 4.10. The molecule has 51 heavy (non-hydrogen) atoms. The molecule has 0 saturated carbocycles. The van der Waals surface area contributed by atoms with E-state index in [0.29, 0.717) is 5.56 Å². The average molecular weight is 645 g/mol. The molecular weight excluding hydrogens is 617 g/mol. The fourth-order valence-corrected chi connectivity index (χ4v) is 8.54. The molecule has 10 aromatic carbocycles. The summed E-state index contributed by atoms with van der Waals surface area (Å²) in [5.74, 6) is 0. The number of benzene rings is 10. The second kappa shape index (κ2) is 10.5. The highest BCUT2D eigenvalue weighted by atomic mass is 15.0. The molecule has 0 amide bonds. The van der Waals surface area contributed by atoms with E-state index in [0.717, 1.165) is 27.5 Å². The van der Waals surface area contributed by atoms with Crippen LogP contribution in [0, 0.1) is 11.3 Å². The van der Waals surface area contributed by atoms with Gasteiger partial charge in [-0.3, -0.25) is 0 Å². The molecule has 0 aliphatic carbocycles. The molecule has 0 radical (unpaired) electrons. The molecule has 0 bridgehead atoms.